The number of rotatable bonds is 5. The van der Waals surface area contributed by atoms with Gasteiger partial charge in [0.15, 0.2) is 0 Å². The van der Waals surface area contributed by atoms with E-state index in [1.165, 1.54) is 24.1 Å². The van der Waals surface area contributed by atoms with Crippen molar-refractivity contribution in [3.05, 3.63) is 95.8 Å². The molecule has 2 N–H and O–H groups in total. The van der Waals surface area contributed by atoms with Crippen LogP contribution in [0.15, 0.2) is 78.9 Å². The molecule has 2 atom stereocenters. The lowest BCUT2D eigenvalue weighted by Crippen LogP contribution is -2.16. The standard InChI is InChI=1S/C24H23FN2O/c25-20-9-5-11-22(16-20)27-24(28)19-8-4-10-21(15-19)26-23-13-12-18(14-23)17-6-2-1-3-7-17/h1-11,15-16,18,23,26H,12-14H2,(H,27,28). The lowest BCUT2D eigenvalue weighted by Gasteiger charge is -2.16. The number of anilines is 2. The van der Waals surface area contributed by atoms with Crippen molar-refractivity contribution >= 4 is 17.3 Å². The Labute approximate surface area is 164 Å². The Bertz CT molecular complexity index is 958. The van der Waals surface area contributed by atoms with Crippen LogP contribution in [0, 0.1) is 5.82 Å². The molecule has 28 heavy (non-hydrogen) atoms. The normalized spacial score (nSPS) is 18.6. The second-order valence-electron chi connectivity index (χ2n) is 7.31. The molecule has 1 aliphatic rings. The fourth-order valence-electron chi connectivity index (χ4n) is 3.90. The first kappa shape index (κ1) is 18.2. The summed E-state index contributed by atoms with van der Waals surface area (Å²) < 4.78 is 13.3. The fourth-order valence-corrected chi connectivity index (χ4v) is 3.90. The molecule has 4 heteroatoms. The van der Waals surface area contributed by atoms with E-state index in [0.29, 0.717) is 23.2 Å². The second kappa shape index (κ2) is 8.26. The largest absolute Gasteiger partial charge is 0.382 e. The molecule has 1 aliphatic carbocycles. The SMILES string of the molecule is O=C(Nc1cccc(F)c1)c1cccc(NC2CCC(c3ccccc3)C2)c1. The number of hydrogen-bond donors (Lipinski definition) is 2. The molecular weight excluding hydrogens is 351 g/mol. The predicted molar refractivity (Wildman–Crippen MR) is 111 cm³/mol. The lowest BCUT2D eigenvalue weighted by atomic mass is 9.97. The number of carbonyl (C=O) groups excluding carboxylic acids is 1. The number of halogens is 1. The van der Waals surface area contributed by atoms with E-state index in [-0.39, 0.29) is 11.7 Å². The Hall–Kier alpha value is -3.14. The molecule has 3 nitrogen and oxygen atoms in total. The van der Waals surface area contributed by atoms with Crippen LogP contribution in [0.5, 0.6) is 0 Å². The van der Waals surface area contributed by atoms with Gasteiger partial charge in [-0.2, -0.15) is 0 Å². The van der Waals surface area contributed by atoms with E-state index in [0.717, 1.165) is 18.5 Å². The summed E-state index contributed by atoms with van der Waals surface area (Å²) in [6.07, 6.45) is 3.37. The van der Waals surface area contributed by atoms with Gasteiger partial charge >= 0.3 is 0 Å². The molecule has 0 bridgehead atoms. The number of hydrogen-bond acceptors (Lipinski definition) is 2. The zero-order valence-corrected chi connectivity index (χ0v) is 15.6. The Morgan fingerprint density at radius 2 is 1.64 bits per heavy atom. The highest BCUT2D eigenvalue weighted by molar-refractivity contribution is 6.04. The molecule has 3 aromatic rings. The number of amides is 1. The maximum atomic E-state index is 13.3. The highest BCUT2D eigenvalue weighted by Gasteiger charge is 2.25. The third-order valence-electron chi connectivity index (χ3n) is 5.28. The number of carbonyl (C=O) groups is 1. The third-order valence-corrected chi connectivity index (χ3v) is 5.28. The van der Waals surface area contributed by atoms with Gasteiger partial charge in [-0.25, -0.2) is 4.39 Å². The van der Waals surface area contributed by atoms with Gasteiger partial charge in [-0.05, 0) is 67.1 Å². The van der Waals surface area contributed by atoms with Crippen LogP contribution >= 0.6 is 0 Å². The summed E-state index contributed by atoms with van der Waals surface area (Å²) in [6, 6.07) is 24.4. The van der Waals surface area contributed by atoms with Crippen LogP contribution in [0.4, 0.5) is 15.8 Å². The summed E-state index contributed by atoms with van der Waals surface area (Å²) in [5, 5.41) is 6.31. The van der Waals surface area contributed by atoms with Crippen molar-refractivity contribution in [2.45, 2.75) is 31.2 Å². The molecule has 0 aliphatic heterocycles. The van der Waals surface area contributed by atoms with Crippen molar-refractivity contribution in [1.29, 1.82) is 0 Å². The van der Waals surface area contributed by atoms with E-state index in [9.17, 15) is 9.18 Å². The van der Waals surface area contributed by atoms with Crippen molar-refractivity contribution in [3.63, 3.8) is 0 Å². The van der Waals surface area contributed by atoms with Crippen molar-refractivity contribution in [1.82, 2.24) is 0 Å². The molecule has 2 unspecified atom stereocenters. The van der Waals surface area contributed by atoms with Crippen molar-refractivity contribution in [2.75, 3.05) is 10.6 Å². The average Bonchev–Trinajstić information content (AvgIpc) is 3.17. The summed E-state index contributed by atoms with van der Waals surface area (Å²) >= 11 is 0. The van der Waals surface area contributed by atoms with Crippen molar-refractivity contribution in [3.8, 4) is 0 Å². The molecule has 142 valence electrons. The van der Waals surface area contributed by atoms with Crippen LogP contribution in [0.3, 0.4) is 0 Å². The van der Waals surface area contributed by atoms with E-state index in [1.54, 1.807) is 18.2 Å². The summed E-state index contributed by atoms with van der Waals surface area (Å²) in [7, 11) is 0. The highest BCUT2D eigenvalue weighted by atomic mass is 19.1. The van der Waals surface area contributed by atoms with E-state index in [4.69, 9.17) is 0 Å². The predicted octanol–water partition coefficient (Wildman–Crippen LogP) is 5.83. The Morgan fingerprint density at radius 1 is 0.857 bits per heavy atom. The van der Waals surface area contributed by atoms with Crippen LogP contribution in [0.1, 0.15) is 41.1 Å². The molecule has 0 heterocycles. The first-order chi connectivity index (χ1) is 13.7. The molecule has 3 aromatic carbocycles. The van der Waals surface area contributed by atoms with Crippen molar-refractivity contribution in [2.24, 2.45) is 0 Å². The Kier molecular flexibility index (Phi) is 5.38. The van der Waals surface area contributed by atoms with Crippen LogP contribution in [-0.2, 0) is 0 Å². The van der Waals surface area contributed by atoms with E-state index in [2.05, 4.69) is 41.0 Å². The molecule has 1 saturated carbocycles. The molecule has 1 fully saturated rings. The average molecular weight is 374 g/mol. The topological polar surface area (TPSA) is 41.1 Å². The zero-order valence-electron chi connectivity index (χ0n) is 15.6. The summed E-state index contributed by atoms with van der Waals surface area (Å²) in [6.45, 7) is 0. The maximum Gasteiger partial charge on any atom is 0.255 e. The minimum atomic E-state index is -0.373. The van der Waals surface area contributed by atoms with E-state index in [1.807, 2.05) is 18.2 Å². The lowest BCUT2D eigenvalue weighted by molar-refractivity contribution is 0.102. The van der Waals surface area contributed by atoms with Crippen LogP contribution in [0.25, 0.3) is 0 Å². The van der Waals surface area contributed by atoms with Gasteiger partial charge < -0.3 is 10.6 Å². The van der Waals surface area contributed by atoms with E-state index >= 15 is 0 Å². The highest BCUT2D eigenvalue weighted by Crippen LogP contribution is 2.35. The first-order valence-electron chi connectivity index (χ1n) is 9.66. The van der Waals surface area contributed by atoms with Gasteiger partial charge in [-0.1, -0.05) is 42.5 Å². The monoisotopic (exact) mass is 374 g/mol. The first-order valence-corrected chi connectivity index (χ1v) is 9.66. The van der Waals surface area contributed by atoms with Gasteiger partial charge in [-0.3, -0.25) is 4.79 Å². The molecule has 0 radical (unpaired) electrons. The van der Waals surface area contributed by atoms with Gasteiger partial charge in [0.2, 0.25) is 0 Å². The second-order valence-corrected chi connectivity index (χ2v) is 7.31. The molecule has 0 spiro atoms. The quantitative estimate of drug-likeness (QED) is 0.590. The fraction of sp³-hybridized carbons (Fsp3) is 0.208. The molecule has 4 rings (SSSR count). The molecule has 1 amide bonds. The van der Waals surface area contributed by atoms with Crippen LogP contribution < -0.4 is 10.6 Å². The minimum absolute atomic E-state index is 0.247. The number of nitrogens with one attached hydrogen (secondary N) is 2. The maximum absolute atomic E-state index is 13.3. The van der Waals surface area contributed by atoms with Gasteiger partial charge in [0.25, 0.3) is 5.91 Å². The Balaban J connectivity index is 1.39. The molecule has 0 aromatic heterocycles. The van der Waals surface area contributed by atoms with Gasteiger partial charge in [0.1, 0.15) is 5.82 Å². The third kappa shape index (κ3) is 4.39. The van der Waals surface area contributed by atoms with Gasteiger partial charge in [0.05, 0.1) is 0 Å². The molecular formula is C24H23FN2O. The minimum Gasteiger partial charge on any atom is -0.382 e. The summed E-state index contributed by atoms with van der Waals surface area (Å²) in [5.74, 6) is -0.0385. The Morgan fingerprint density at radius 3 is 2.46 bits per heavy atom. The smallest absolute Gasteiger partial charge is 0.255 e. The zero-order chi connectivity index (χ0) is 19.3. The summed E-state index contributed by atoms with van der Waals surface area (Å²) in [5.41, 5.74) is 3.33. The van der Waals surface area contributed by atoms with Gasteiger partial charge in [0, 0.05) is 23.0 Å². The van der Waals surface area contributed by atoms with Gasteiger partial charge in [-0.15, -0.1) is 0 Å². The summed E-state index contributed by atoms with van der Waals surface area (Å²) in [4.78, 5) is 12.5. The van der Waals surface area contributed by atoms with E-state index < -0.39 is 0 Å². The van der Waals surface area contributed by atoms with Crippen molar-refractivity contribution < 1.29 is 9.18 Å². The number of benzene rings is 3. The van der Waals surface area contributed by atoms with Crippen LogP contribution in [-0.4, -0.2) is 11.9 Å². The van der Waals surface area contributed by atoms with Crippen LogP contribution in [0.2, 0.25) is 0 Å². The molecule has 0 saturated heterocycles.